The normalized spacial score (nSPS) is 18.7. The maximum absolute atomic E-state index is 12.5. The van der Waals surface area contributed by atoms with E-state index in [4.69, 9.17) is 5.11 Å². The lowest BCUT2D eigenvalue weighted by atomic mass is 9.97. The second kappa shape index (κ2) is 7.02. The maximum Gasteiger partial charge on any atom is 0.241 e. The molecular formula is C14H23NO3S2. The number of rotatable bonds is 4. The average molecular weight is 317 g/mol. The first kappa shape index (κ1) is 15.9. The molecule has 114 valence electrons. The molecule has 1 heterocycles. The summed E-state index contributed by atoms with van der Waals surface area (Å²) < 4.78 is 27.8. The van der Waals surface area contributed by atoms with E-state index in [0.29, 0.717) is 9.77 Å². The van der Waals surface area contributed by atoms with Crippen molar-refractivity contribution in [1.29, 1.82) is 0 Å². The third kappa shape index (κ3) is 4.04. The molecule has 0 aromatic carbocycles. The first-order valence-corrected chi connectivity index (χ1v) is 9.55. The molecule has 1 aromatic heterocycles. The summed E-state index contributed by atoms with van der Waals surface area (Å²) in [5.74, 6) is 0. The molecule has 20 heavy (non-hydrogen) atoms. The van der Waals surface area contributed by atoms with Gasteiger partial charge in [0.2, 0.25) is 10.0 Å². The van der Waals surface area contributed by atoms with Crippen molar-refractivity contribution in [1.82, 2.24) is 4.72 Å². The predicted molar refractivity (Wildman–Crippen MR) is 81.4 cm³/mol. The summed E-state index contributed by atoms with van der Waals surface area (Å²) in [6.45, 7) is 1.68. The lowest BCUT2D eigenvalue weighted by Gasteiger charge is -2.20. The molecule has 0 radical (unpaired) electrons. The minimum atomic E-state index is -3.46. The van der Waals surface area contributed by atoms with Gasteiger partial charge < -0.3 is 5.11 Å². The Labute approximate surface area is 125 Å². The van der Waals surface area contributed by atoms with Crippen LogP contribution in [0, 0.1) is 6.92 Å². The van der Waals surface area contributed by atoms with Gasteiger partial charge in [0.1, 0.15) is 0 Å². The molecule has 4 nitrogen and oxygen atoms in total. The fourth-order valence-electron chi connectivity index (χ4n) is 2.73. The van der Waals surface area contributed by atoms with Crippen LogP contribution in [-0.2, 0) is 16.6 Å². The van der Waals surface area contributed by atoms with E-state index in [9.17, 15) is 8.42 Å². The van der Waals surface area contributed by atoms with Crippen LogP contribution in [0.1, 0.15) is 54.7 Å². The molecule has 0 atom stereocenters. The van der Waals surface area contributed by atoms with Gasteiger partial charge in [-0.25, -0.2) is 13.1 Å². The Balaban J connectivity index is 2.10. The van der Waals surface area contributed by atoms with E-state index < -0.39 is 10.0 Å². The molecule has 2 N–H and O–H groups in total. The quantitative estimate of drug-likeness (QED) is 0.897. The van der Waals surface area contributed by atoms with E-state index in [0.717, 1.165) is 30.6 Å². The van der Waals surface area contributed by atoms with Crippen LogP contribution in [0.2, 0.25) is 0 Å². The van der Waals surface area contributed by atoms with Gasteiger partial charge in [0.25, 0.3) is 0 Å². The van der Waals surface area contributed by atoms with Crippen LogP contribution in [0.5, 0.6) is 0 Å². The smallest absolute Gasteiger partial charge is 0.241 e. The summed E-state index contributed by atoms with van der Waals surface area (Å²) in [6, 6.07) is 1.64. The van der Waals surface area contributed by atoms with Crippen molar-refractivity contribution in [3.63, 3.8) is 0 Å². The van der Waals surface area contributed by atoms with Gasteiger partial charge in [0.15, 0.2) is 0 Å². The lowest BCUT2D eigenvalue weighted by molar-refractivity contribution is 0.285. The van der Waals surface area contributed by atoms with Gasteiger partial charge in [-0.1, -0.05) is 32.1 Å². The number of thiophene rings is 1. The largest absolute Gasteiger partial charge is 0.391 e. The molecule has 6 heteroatoms. The highest BCUT2D eigenvalue weighted by atomic mass is 32.2. The Morgan fingerprint density at radius 1 is 1.25 bits per heavy atom. The van der Waals surface area contributed by atoms with Gasteiger partial charge in [-0.2, -0.15) is 0 Å². The summed E-state index contributed by atoms with van der Waals surface area (Å²) >= 11 is 1.34. The molecule has 2 rings (SSSR count). The molecule has 0 spiro atoms. The number of aliphatic hydroxyl groups excluding tert-OH is 1. The van der Waals surface area contributed by atoms with Crippen molar-refractivity contribution >= 4 is 21.4 Å². The van der Waals surface area contributed by atoms with E-state index in [1.807, 2.05) is 0 Å². The van der Waals surface area contributed by atoms with Crippen LogP contribution < -0.4 is 4.72 Å². The minimum Gasteiger partial charge on any atom is -0.391 e. The molecule has 1 aromatic rings. The zero-order valence-corrected chi connectivity index (χ0v) is 13.5. The van der Waals surface area contributed by atoms with Gasteiger partial charge in [0.05, 0.1) is 11.5 Å². The van der Waals surface area contributed by atoms with Crippen molar-refractivity contribution in [3.05, 3.63) is 15.8 Å². The van der Waals surface area contributed by atoms with Gasteiger partial charge >= 0.3 is 0 Å². The molecule has 1 saturated carbocycles. The number of aliphatic hydroxyl groups is 1. The van der Waals surface area contributed by atoms with Crippen LogP contribution in [0.4, 0.5) is 0 Å². The van der Waals surface area contributed by atoms with Crippen LogP contribution in [0.15, 0.2) is 11.0 Å². The average Bonchev–Trinajstić information content (AvgIpc) is 2.75. The molecule has 0 unspecified atom stereocenters. The van der Waals surface area contributed by atoms with E-state index in [-0.39, 0.29) is 12.6 Å². The molecular weight excluding hydrogens is 294 g/mol. The number of hydrogen-bond acceptors (Lipinski definition) is 4. The Hall–Kier alpha value is -0.430. The SMILES string of the molecule is Cc1sc(CO)cc1S(=O)(=O)NC1CCCCCCC1. The first-order valence-electron chi connectivity index (χ1n) is 7.25. The molecule has 0 bridgehead atoms. The fourth-order valence-corrected chi connectivity index (χ4v) is 5.53. The molecule has 0 amide bonds. The predicted octanol–water partition coefficient (Wildman–Crippen LogP) is 2.94. The van der Waals surface area contributed by atoms with Gasteiger partial charge in [0, 0.05) is 15.8 Å². The second-order valence-electron chi connectivity index (χ2n) is 5.45. The number of sulfonamides is 1. The fraction of sp³-hybridized carbons (Fsp3) is 0.714. The van der Waals surface area contributed by atoms with E-state index >= 15 is 0 Å². The Bertz CT molecular complexity index is 529. The molecule has 0 aliphatic heterocycles. The van der Waals surface area contributed by atoms with E-state index in [1.54, 1.807) is 13.0 Å². The van der Waals surface area contributed by atoms with Crippen molar-refractivity contribution in [3.8, 4) is 0 Å². The maximum atomic E-state index is 12.5. The van der Waals surface area contributed by atoms with Gasteiger partial charge in [-0.05, 0) is 25.8 Å². The standard InChI is InChI=1S/C14H23NO3S2/c1-11-14(9-13(10-16)19-11)20(17,18)15-12-7-5-3-2-4-6-8-12/h9,12,15-16H,2-8,10H2,1H3. The van der Waals surface area contributed by atoms with Crippen molar-refractivity contribution < 1.29 is 13.5 Å². The highest BCUT2D eigenvalue weighted by Crippen LogP contribution is 2.27. The summed E-state index contributed by atoms with van der Waals surface area (Å²) in [5, 5.41) is 9.13. The third-order valence-corrected chi connectivity index (χ3v) is 6.61. The molecule has 1 aliphatic carbocycles. The topological polar surface area (TPSA) is 66.4 Å². The third-order valence-electron chi connectivity index (χ3n) is 3.80. The Morgan fingerprint density at radius 2 is 1.85 bits per heavy atom. The highest BCUT2D eigenvalue weighted by molar-refractivity contribution is 7.89. The zero-order valence-electron chi connectivity index (χ0n) is 11.9. The van der Waals surface area contributed by atoms with Gasteiger partial charge in [-0.15, -0.1) is 11.3 Å². The molecule has 1 aliphatic rings. The summed E-state index contributed by atoms with van der Waals surface area (Å²) in [7, 11) is -3.46. The number of aryl methyl sites for hydroxylation is 1. The van der Waals surface area contributed by atoms with Crippen molar-refractivity contribution in [2.75, 3.05) is 0 Å². The summed E-state index contributed by atoms with van der Waals surface area (Å²) in [4.78, 5) is 1.77. The summed E-state index contributed by atoms with van der Waals surface area (Å²) in [6.07, 6.45) is 7.71. The van der Waals surface area contributed by atoms with Crippen molar-refractivity contribution in [2.24, 2.45) is 0 Å². The van der Waals surface area contributed by atoms with Gasteiger partial charge in [-0.3, -0.25) is 0 Å². The van der Waals surface area contributed by atoms with Crippen LogP contribution in [0.25, 0.3) is 0 Å². The van der Waals surface area contributed by atoms with E-state index in [2.05, 4.69) is 4.72 Å². The van der Waals surface area contributed by atoms with Crippen LogP contribution >= 0.6 is 11.3 Å². The highest BCUT2D eigenvalue weighted by Gasteiger charge is 2.23. The van der Waals surface area contributed by atoms with E-state index in [1.165, 1.54) is 30.6 Å². The number of nitrogens with one attached hydrogen (secondary N) is 1. The second-order valence-corrected chi connectivity index (χ2v) is 8.48. The zero-order chi connectivity index (χ0) is 14.6. The monoisotopic (exact) mass is 317 g/mol. The van der Waals surface area contributed by atoms with Crippen LogP contribution in [0.3, 0.4) is 0 Å². The number of hydrogen-bond donors (Lipinski definition) is 2. The first-order chi connectivity index (χ1) is 9.53. The lowest BCUT2D eigenvalue weighted by Crippen LogP contribution is -2.35. The molecule has 1 fully saturated rings. The van der Waals surface area contributed by atoms with Crippen molar-refractivity contribution in [2.45, 2.75) is 69.4 Å². The van der Waals surface area contributed by atoms with Crippen LogP contribution in [-0.4, -0.2) is 19.6 Å². The minimum absolute atomic E-state index is 0.0529. The Morgan fingerprint density at radius 3 is 2.40 bits per heavy atom. The Kier molecular flexibility index (Phi) is 5.60. The summed E-state index contributed by atoms with van der Waals surface area (Å²) in [5.41, 5.74) is 0. The molecule has 0 saturated heterocycles.